The molecule has 0 aromatic heterocycles. The van der Waals surface area contributed by atoms with E-state index in [1.807, 2.05) is 0 Å². The van der Waals surface area contributed by atoms with Crippen molar-refractivity contribution in [3.8, 4) is 0 Å². The van der Waals surface area contributed by atoms with E-state index in [-0.39, 0.29) is 5.69 Å². The number of hydrogen-bond donors (Lipinski definition) is 1. The fourth-order valence-electron chi connectivity index (χ4n) is 1.36. The molecule has 1 atom stereocenters. The molecule has 94 valence electrons. The monoisotopic (exact) mass is 256 g/mol. The normalized spacial score (nSPS) is 12.8. The Bertz CT molecular complexity index is 407. The van der Waals surface area contributed by atoms with E-state index in [4.69, 9.17) is 11.6 Å². The number of nitro groups is 1. The lowest BCUT2D eigenvalue weighted by Crippen LogP contribution is -2.30. The Hall–Kier alpha value is -1.13. The van der Waals surface area contributed by atoms with Crippen LogP contribution in [0.2, 0.25) is 5.02 Å². The number of halogens is 1. The van der Waals surface area contributed by atoms with Crippen molar-refractivity contribution >= 4 is 17.3 Å². The van der Waals surface area contributed by atoms with Gasteiger partial charge in [0.15, 0.2) is 0 Å². The summed E-state index contributed by atoms with van der Waals surface area (Å²) in [5, 5.41) is 14.5. The third kappa shape index (κ3) is 3.98. The minimum absolute atomic E-state index is 0.0703. The Labute approximate surface area is 106 Å². The molecule has 1 aromatic carbocycles. The lowest BCUT2D eigenvalue weighted by molar-refractivity contribution is -0.385. The number of rotatable bonds is 5. The van der Waals surface area contributed by atoms with Gasteiger partial charge in [-0.1, -0.05) is 25.4 Å². The van der Waals surface area contributed by atoms with Gasteiger partial charge in [0, 0.05) is 29.2 Å². The molecular weight excluding hydrogens is 240 g/mol. The minimum atomic E-state index is -0.400. The second kappa shape index (κ2) is 5.98. The van der Waals surface area contributed by atoms with Crippen molar-refractivity contribution in [2.45, 2.75) is 33.4 Å². The summed E-state index contributed by atoms with van der Waals surface area (Å²) in [6.45, 7) is 6.75. The van der Waals surface area contributed by atoms with E-state index in [1.54, 1.807) is 12.1 Å². The highest BCUT2D eigenvalue weighted by Crippen LogP contribution is 2.23. The van der Waals surface area contributed by atoms with Crippen LogP contribution < -0.4 is 5.32 Å². The molecule has 0 bridgehead atoms. The van der Waals surface area contributed by atoms with Crippen LogP contribution in [-0.2, 0) is 6.54 Å². The molecule has 0 aliphatic carbocycles. The zero-order chi connectivity index (χ0) is 13.0. The van der Waals surface area contributed by atoms with Crippen LogP contribution in [0, 0.1) is 16.0 Å². The molecule has 0 aliphatic heterocycles. The molecule has 4 nitrogen and oxygen atoms in total. The van der Waals surface area contributed by atoms with Crippen LogP contribution in [0.25, 0.3) is 0 Å². The Balaban J connectivity index is 2.80. The van der Waals surface area contributed by atoms with Crippen molar-refractivity contribution in [1.82, 2.24) is 5.32 Å². The molecule has 0 amide bonds. The summed E-state index contributed by atoms with van der Waals surface area (Å²) in [5.74, 6) is 0.487. The van der Waals surface area contributed by atoms with E-state index < -0.39 is 4.92 Å². The maximum absolute atomic E-state index is 10.9. The average molecular weight is 257 g/mol. The van der Waals surface area contributed by atoms with E-state index in [1.165, 1.54) is 6.07 Å². The summed E-state index contributed by atoms with van der Waals surface area (Å²) in [7, 11) is 0. The molecule has 0 spiro atoms. The molecule has 1 N–H and O–H groups in total. The van der Waals surface area contributed by atoms with Gasteiger partial charge in [0.2, 0.25) is 0 Å². The summed E-state index contributed by atoms with van der Waals surface area (Å²) in [4.78, 5) is 10.5. The first-order valence-corrected chi connectivity index (χ1v) is 5.95. The molecule has 1 unspecified atom stereocenters. The number of nitrogens with zero attached hydrogens (tertiary/aromatic N) is 1. The smallest absolute Gasteiger partial charge is 0.275 e. The number of nitrogens with one attached hydrogen (secondary N) is 1. The van der Waals surface area contributed by atoms with E-state index in [9.17, 15) is 10.1 Å². The van der Waals surface area contributed by atoms with Crippen LogP contribution in [0.4, 0.5) is 5.69 Å². The SMILES string of the molecule is CC(C)C(C)NCc1ccc(Cl)cc1[N+](=O)[O-]. The van der Waals surface area contributed by atoms with Gasteiger partial charge in [0.25, 0.3) is 5.69 Å². The molecule has 0 radical (unpaired) electrons. The van der Waals surface area contributed by atoms with Crippen LogP contribution in [0.15, 0.2) is 18.2 Å². The van der Waals surface area contributed by atoms with Crippen LogP contribution in [-0.4, -0.2) is 11.0 Å². The van der Waals surface area contributed by atoms with E-state index in [0.29, 0.717) is 29.1 Å². The lowest BCUT2D eigenvalue weighted by Gasteiger charge is -2.17. The molecule has 1 aromatic rings. The Morgan fingerprint density at radius 3 is 2.59 bits per heavy atom. The fourth-order valence-corrected chi connectivity index (χ4v) is 1.53. The molecule has 0 heterocycles. The molecule has 17 heavy (non-hydrogen) atoms. The third-order valence-electron chi connectivity index (χ3n) is 2.86. The molecule has 0 saturated carbocycles. The molecular formula is C12H17ClN2O2. The van der Waals surface area contributed by atoms with E-state index in [2.05, 4.69) is 26.1 Å². The van der Waals surface area contributed by atoms with Gasteiger partial charge >= 0.3 is 0 Å². The maximum Gasteiger partial charge on any atom is 0.275 e. The van der Waals surface area contributed by atoms with Crippen molar-refractivity contribution in [1.29, 1.82) is 0 Å². The van der Waals surface area contributed by atoms with Crippen molar-refractivity contribution in [2.24, 2.45) is 5.92 Å². The van der Waals surface area contributed by atoms with Crippen LogP contribution in [0.1, 0.15) is 26.3 Å². The molecule has 0 saturated heterocycles. The quantitative estimate of drug-likeness (QED) is 0.649. The fraction of sp³-hybridized carbons (Fsp3) is 0.500. The molecule has 1 rings (SSSR count). The van der Waals surface area contributed by atoms with Crippen LogP contribution >= 0.6 is 11.6 Å². The van der Waals surface area contributed by atoms with Gasteiger partial charge in [-0.15, -0.1) is 0 Å². The van der Waals surface area contributed by atoms with Gasteiger partial charge < -0.3 is 5.32 Å². The highest BCUT2D eigenvalue weighted by atomic mass is 35.5. The number of hydrogen-bond acceptors (Lipinski definition) is 3. The molecule has 5 heteroatoms. The van der Waals surface area contributed by atoms with Gasteiger partial charge in [0.1, 0.15) is 0 Å². The lowest BCUT2D eigenvalue weighted by atomic mass is 10.1. The van der Waals surface area contributed by atoms with Gasteiger partial charge in [0.05, 0.1) is 4.92 Å². The Morgan fingerprint density at radius 2 is 2.06 bits per heavy atom. The maximum atomic E-state index is 10.9. The van der Waals surface area contributed by atoms with Gasteiger partial charge in [-0.2, -0.15) is 0 Å². The first-order valence-electron chi connectivity index (χ1n) is 5.58. The highest BCUT2D eigenvalue weighted by Gasteiger charge is 2.15. The molecule has 0 aliphatic rings. The first kappa shape index (κ1) is 13.9. The summed E-state index contributed by atoms with van der Waals surface area (Å²) in [6, 6.07) is 5.07. The van der Waals surface area contributed by atoms with E-state index in [0.717, 1.165) is 0 Å². The summed E-state index contributed by atoms with van der Waals surface area (Å²) in [5.41, 5.74) is 0.729. The second-order valence-electron chi connectivity index (χ2n) is 4.44. The summed E-state index contributed by atoms with van der Waals surface area (Å²) in [6.07, 6.45) is 0. The number of benzene rings is 1. The standard InChI is InChI=1S/C12H17ClN2O2/c1-8(2)9(3)14-7-10-4-5-11(13)6-12(10)15(16)17/h4-6,8-9,14H,7H2,1-3H3. The largest absolute Gasteiger partial charge is 0.310 e. The zero-order valence-electron chi connectivity index (χ0n) is 10.2. The Morgan fingerprint density at radius 1 is 1.41 bits per heavy atom. The third-order valence-corrected chi connectivity index (χ3v) is 3.09. The second-order valence-corrected chi connectivity index (χ2v) is 4.88. The van der Waals surface area contributed by atoms with Gasteiger partial charge in [-0.25, -0.2) is 0 Å². The van der Waals surface area contributed by atoms with Crippen LogP contribution in [0.3, 0.4) is 0 Å². The predicted octanol–water partition coefficient (Wildman–Crippen LogP) is 3.38. The van der Waals surface area contributed by atoms with E-state index >= 15 is 0 Å². The van der Waals surface area contributed by atoms with Crippen molar-refractivity contribution < 1.29 is 4.92 Å². The minimum Gasteiger partial charge on any atom is -0.310 e. The average Bonchev–Trinajstić information content (AvgIpc) is 2.26. The topological polar surface area (TPSA) is 55.2 Å². The summed E-state index contributed by atoms with van der Waals surface area (Å²) < 4.78 is 0. The Kier molecular flexibility index (Phi) is 4.90. The van der Waals surface area contributed by atoms with Crippen molar-refractivity contribution in [3.63, 3.8) is 0 Å². The highest BCUT2D eigenvalue weighted by molar-refractivity contribution is 6.30. The summed E-state index contributed by atoms with van der Waals surface area (Å²) >= 11 is 5.75. The number of nitro benzene ring substituents is 1. The van der Waals surface area contributed by atoms with Gasteiger partial charge in [-0.05, 0) is 25.0 Å². The van der Waals surface area contributed by atoms with Crippen LogP contribution in [0.5, 0.6) is 0 Å². The van der Waals surface area contributed by atoms with Crippen molar-refractivity contribution in [3.05, 3.63) is 38.9 Å². The first-order chi connectivity index (χ1) is 7.91. The van der Waals surface area contributed by atoms with Gasteiger partial charge in [-0.3, -0.25) is 10.1 Å². The van der Waals surface area contributed by atoms with Crippen molar-refractivity contribution in [2.75, 3.05) is 0 Å². The zero-order valence-corrected chi connectivity index (χ0v) is 11.0. The molecule has 0 fully saturated rings. The predicted molar refractivity (Wildman–Crippen MR) is 69.2 cm³/mol.